The molecule has 0 spiro atoms. The van der Waals surface area contributed by atoms with Crippen molar-refractivity contribution < 1.29 is 15.1 Å². The molecule has 0 aromatic heterocycles. The molecule has 0 aliphatic carbocycles. The second kappa shape index (κ2) is 5.51. The van der Waals surface area contributed by atoms with Gasteiger partial charge in [0.2, 0.25) is 0 Å². The highest BCUT2D eigenvalue weighted by Gasteiger charge is 2.35. The lowest BCUT2D eigenvalue weighted by atomic mass is 9.87. The fraction of sp³-hybridized carbons (Fsp3) is 0.533. The maximum atomic E-state index is 9.55. The fourth-order valence-corrected chi connectivity index (χ4v) is 2.56. The van der Waals surface area contributed by atoms with E-state index >= 15 is 0 Å². The molecule has 1 aliphatic heterocycles. The molecule has 0 fully saturated rings. The number of fused-ring (bicyclic) bond motifs is 1. The number of nitrogens with zero attached hydrogens (tertiary/aromatic N) is 1. The topological polar surface area (TPSA) is 62.1 Å². The van der Waals surface area contributed by atoms with Crippen LogP contribution in [-0.4, -0.2) is 21.6 Å². The number of ether oxygens (including phenoxy) is 1. The molecule has 1 unspecified atom stereocenters. The molecule has 2 rings (SSSR count). The Morgan fingerprint density at radius 1 is 1.37 bits per heavy atom. The highest BCUT2D eigenvalue weighted by atomic mass is 16.5. The fourth-order valence-electron chi connectivity index (χ4n) is 2.56. The Hall–Kier alpha value is -1.71. The van der Waals surface area contributed by atoms with Gasteiger partial charge >= 0.3 is 0 Å². The molecule has 1 atom stereocenters. The average Bonchev–Trinajstić information content (AvgIpc) is 2.37. The van der Waals surface area contributed by atoms with Gasteiger partial charge in [-0.2, -0.15) is 0 Å². The predicted octanol–water partition coefficient (Wildman–Crippen LogP) is 3.69. The molecule has 2 N–H and O–H groups in total. The van der Waals surface area contributed by atoms with Crippen molar-refractivity contribution in [3.05, 3.63) is 23.8 Å². The molecule has 1 aliphatic rings. The lowest BCUT2D eigenvalue weighted by Crippen LogP contribution is -2.39. The number of oxime groups is 1. The maximum Gasteiger partial charge on any atom is 0.133 e. The van der Waals surface area contributed by atoms with E-state index in [-0.39, 0.29) is 11.4 Å². The van der Waals surface area contributed by atoms with Crippen LogP contribution >= 0.6 is 0 Å². The van der Waals surface area contributed by atoms with Crippen LogP contribution in [0.4, 0.5) is 0 Å². The van der Waals surface area contributed by atoms with Crippen molar-refractivity contribution in [3.63, 3.8) is 0 Å². The highest BCUT2D eigenvalue weighted by Crippen LogP contribution is 2.38. The molecule has 0 saturated heterocycles. The first kappa shape index (κ1) is 13.7. The van der Waals surface area contributed by atoms with Crippen molar-refractivity contribution in [2.45, 2.75) is 51.6 Å². The molecule has 4 heteroatoms. The Morgan fingerprint density at radius 3 is 2.84 bits per heavy atom. The standard InChI is InChI=1S/C15H21NO3/c1-3-4-5-8-15(2)10-13(16-18)12-7-6-11(17)9-14(12)19-15/h6-7,9,17-18H,3-5,8,10H2,1-2H3/b16-13-. The largest absolute Gasteiger partial charge is 0.508 e. The van der Waals surface area contributed by atoms with Crippen LogP contribution in [0, 0.1) is 0 Å². The van der Waals surface area contributed by atoms with Gasteiger partial charge in [0.05, 0.1) is 5.71 Å². The van der Waals surface area contributed by atoms with Crippen LogP contribution in [0.5, 0.6) is 11.5 Å². The molecule has 19 heavy (non-hydrogen) atoms. The third kappa shape index (κ3) is 3.00. The molecule has 4 nitrogen and oxygen atoms in total. The first-order chi connectivity index (χ1) is 9.08. The Kier molecular flexibility index (Phi) is 3.98. The quantitative estimate of drug-likeness (QED) is 0.494. The monoisotopic (exact) mass is 263 g/mol. The van der Waals surface area contributed by atoms with Crippen LogP contribution < -0.4 is 4.74 Å². The van der Waals surface area contributed by atoms with Crippen LogP contribution in [0.25, 0.3) is 0 Å². The number of unbranched alkanes of at least 4 members (excludes halogenated alkanes) is 2. The van der Waals surface area contributed by atoms with E-state index in [1.807, 2.05) is 6.92 Å². The molecular weight excluding hydrogens is 242 g/mol. The molecule has 0 radical (unpaired) electrons. The van der Waals surface area contributed by atoms with E-state index in [9.17, 15) is 10.3 Å². The number of rotatable bonds is 4. The lowest BCUT2D eigenvalue weighted by molar-refractivity contribution is 0.0764. The van der Waals surface area contributed by atoms with Crippen molar-refractivity contribution in [1.29, 1.82) is 0 Å². The Bertz CT molecular complexity index is 484. The average molecular weight is 263 g/mol. The molecule has 1 heterocycles. The number of hydrogen-bond acceptors (Lipinski definition) is 4. The number of benzene rings is 1. The summed E-state index contributed by atoms with van der Waals surface area (Å²) >= 11 is 0. The van der Waals surface area contributed by atoms with E-state index in [1.165, 1.54) is 0 Å². The second-order valence-corrected chi connectivity index (χ2v) is 5.41. The summed E-state index contributed by atoms with van der Waals surface area (Å²) in [6, 6.07) is 4.89. The third-order valence-corrected chi connectivity index (χ3v) is 3.60. The third-order valence-electron chi connectivity index (χ3n) is 3.60. The van der Waals surface area contributed by atoms with Gasteiger partial charge in [-0.3, -0.25) is 0 Å². The SMILES string of the molecule is CCCCCC1(C)C/C(=N/O)c2ccc(O)cc2O1. The summed E-state index contributed by atoms with van der Waals surface area (Å²) in [5.41, 5.74) is 1.02. The van der Waals surface area contributed by atoms with Gasteiger partial charge in [-0.15, -0.1) is 0 Å². The van der Waals surface area contributed by atoms with Crippen molar-refractivity contribution >= 4 is 5.71 Å². The normalized spacial score (nSPS) is 24.0. The van der Waals surface area contributed by atoms with E-state index in [0.717, 1.165) is 31.2 Å². The van der Waals surface area contributed by atoms with Gasteiger partial charge in [0.15, 0.2) is 0 Å². The van der Waals surface area contributed by atoms with Crippen molar-refractivity contribution in [1.82, 2.24) is 0 Å². The van der Waals surface area contributed by atoms with E-state index in [1.54, 1.807) is 18.2 Å². The molecule has 104 valence electrons. The molecule has 0 bridgehead atoms. The van der Waals surface area contributed by atoms with E-state index in [2.05, 4.69) is 12.1 Å². The maximum absolute atomic E-state index is 9.55. The zero-order chi connectivity index (χ0) is 13.9. The van der Waals surface area contributed by atoms with Crippen LogP contribution in [0.15, 0.2) is 23.4 Å². The van der Waals surface area contributed by atoms with Crippen LogP contribution in [0.3, 0.4) is 0 Å². The van der Waals surface area contributed by atoms with Gasteiger partial charge in [-0.05, 0) is 31.9 Å². The number of phenolic OH excluding ortho intramolecular Hbond substituents is 1. The summed E-state index contributed by atoms with van der Waals surface area (Å²) in [5, 5.41) is 22.1. The molecule has 1 aromatic carbocycles. The van der Waals surface area contributed by atoms with Crippen LogP contribution in [0.1, 0.15) is 51.5 Å². The minimum absolute atomic E-state index is 0.161. The van der Waals surface area contributed by atoms with E-state index in [4.69, 9.17) is 4.74 Å². The van der Waals surface area contributed by atoms with Gasteiger partial charge < -0.3 is 15.1 Å². The van der Waals surface area contributed by atoms with E-state index < -0.39 is 0 Å². The molecule has 0 saturated carbocycles. The summed E-state index contributed by atoms with van der Waals surface area (Å²) in [6.07, 6.45) is 4.91. The Balaban J connectivity index is 2.25. The first-order valence-electron chi connectivity index (χ1n) is 6.81. The van der Waals surface area contributed by atoms with Crippen LogP contribution in [-0.2, 0) is 0 Å². The summed E-state index contributed by atoms with van der Waals surface area (Å²) in [4.78, 5) is 0. The summed E-state index contributed by atoms with van der Waals surface area (Å²) in [7, 11) is 0. The number of phenols is 1. The minimum atomic E-state index is -0.364. The van der Waals surface area contributed by atoms with Gasteiger partial charge in [-0.1, -0.05) is 24.9 Å². The molecule has 1 aromatic rings. The second-order valence-electron chi connectivity index (χ2n) is 5.41. The zero-order valence-electron chi connectivity index (χ0n) is 11.5. The summed E-state index contributed by atoms with van der Waals surface area (Å²) in [6.45, 7) is 4.19. The smallest absolute Gasteiger partial charge is 0.133 e. The zero-order valence-corrected chi connectivity index (χ0v) is 11.5. The molecule has 0 amide bonds. The van der Waals surface area contributed by atoms with E-state index in [0.29, 0.717) is 17.9 Å². The highest BCUT2D eigenvalue weighted by molar-refractivity contribution is 6.04. The van der Waals surface area contributed by atoms with Gasteiger partial charge in [-0.25, -0.2) is 0 Å². The molecular formula is C15H21NO3. The summed E-state index contributed by atoms with van der Waals surface area (Å²) < 4.78 is 6.03. The Morgan fingerprint density at radius 2 is 2.16 bits per heavy atom. The van der Waals surface area contributed by atoms with Gasteiger partial charge in [0.25, 0.3) is 0 Å². The predicted molar refractivity (Wildman–Crippen MR) is 74.2 cm³/mol. The van der Waals surface area contributed by atoms with Crippen molar-refractivity contribution in [2.24, 2.45) is 5.16 Å². The van der Waals surface area contributed by atoms with Gasteiger partial charge in [0, 0.05) is 18.1 Å². The minimum Gasteiger partial charge on any atom is -0.508 e. The summed E-state index contributed by atoms with van der Waals surface area (Å²) in [5.74, 6) is 0.756. The number of aromatic hydroxyl groups is 1. The first-order valence-corrected chi connectivity index (χ1v) is 6.81. The van der Waals surface area contributed by atoms with Crippen molar-refractivity contribution in [3.8, 4) is 11.5 Å². The Labute approximate surface area is 113 Å². The number of hydrogen-bond donors (Lipinski definition) is 2. The lowest BCUT2D eigenvalue weighted by Gasteiger charge is -2.36. The van der Waals surface area contributed by atoms with Gasteiger partial charge in [0.1, 0.15) is 17.1 Å². The van der Waals surface area contributed by atoms with Crippen LogP contribution in [0.2, 0.25) is 0 Å². The van der Waals surface area contributed by atoms with Crippen molar-refractivity contribution in [2.75, 3.05) is 0 Å².